The number of benzene rings is 2. The molecule has 0 unspecified atom stereocenters. The minimum absolute atomic E-state index is 0.0211. The van der Waals surface area contributed by atoms with Gasteiger partial charge in [0, 0.05) is 50.1 Å². The molecule has 2 heterocycles. The van der Waals surface area contributed by atoms with Crippen molar-refractivity contribution >= 4 is 23.6 Å². The lowest BCUT2D eigenvalue weighted by molar-refractivity contribution is -0.131. The maximum atomic E-state index is 15.5. The zero-order valence-electron chi connectivity index (χ0n) is 21.5. The van der Waals surface area contributed by atoms with E-state index in [1.54, 1.807) is 16.8 Å². The van der Waals surface area contributed by atoms with Gasteiger partial charge in [-0.25, -0.2) is 18.0 Å². The van der Waals surface area contributed by atoms with Gasteiger partial charge in [0.25, 0.3) is 0 Å². The number of piperazine rings is 1. The standard InChI is InChI=1S/C28H32F3N3O3/c1-17-11-19-14-20(33-10-9-32(4)24(35)15-33)6-7-21(19)27(34(17)16-28(2,3)31)26-22(29)12-18(13-23(26)30)5-8-25(36)37/h5-8,12-14,17,27H,9-11,15-16H2,1-4H3,(H,36,37)/b8-5+/t17-,27+/m0/s1. The molecule has 2 aliphatic rings. The zero-order chi connectivity index (χ0) is 27.1. The SMILES string of the molecule is C[C@H]1Cc2cc(N3CCN(C)C(=O)C3)ccc2[C@H](c2c(F)cc(/C=C/C(=O)O)cc2F)N1CC(C)(C)F. The van der Waals surface area contributed by atoms with Gasteiger partial charge in [0.15, 0.2) is 0 Å². The highest BCUT2D eigenvalue weighted by Crippen LogP contribution is 2.42. The van der Waals surface area contributed by atoms with Crippen LogP contribution in [0, 0.1) is 11.6 Å². The first-order chi connectivity index (χ1) is 17.3. The lowest BCUT2D eigenvalue weighted by Crippen LogP contribution is -2.49. The Morgan fingerprint density at radius 3 is 2.43 bits per heavy atom. The van der Waals surface area contributed by atoms with Crippen LogP contribution in [0.15, 0.2) is 36.4 Å². The summed E-state index contributed by atoms with van der Waals surface area (Å²) in [6.07, 6.45) is 2.50. The van der Waals surface area contributed by atoms with Gasteiger partial charge < -0.3 is 14.9 Å². The first-order valence-electron chi connectivity index (χ1n) is 12.3. The van der Waals surface area contributed by atoms with E-state index in [0.717, 1.165) is 35.5 Å². The molecule has 0 aromatic heterocycles. The van der Waals surface area contributed by atoms with Gasteiger partial charge in [-0.2, -0.15) is 0 Å². The van der Waals surface area contributed by atoms with E-state index in [4.69, 9.17) is 5.11 Å². The number of carbonyl (C=O) groups is 2. The fourth-order valence-electron chi connectivity index (χ4n) is 5.21. The summed E-state index contributed by atoms with van der Waals surface area (Å²) in [5.41, 5.74) is 0.702. The molecule has 37 heavy (non-hydrogen) atoms. The number of carboxylic acid groups (broad SMARTS) is 1. The van der Waals surface area contributed by atoms with E-state index >= 15 is 8.78 Å². The van der Waals surface area contributed by atoms with Crippen molar-refractivity contribution < 1.29 is 27.9 Å². The van der Waals surface area contributed by atoms with E-state index in [0.29, 0.717) is 25.1 Å². The Balaban J connectivity index is 1.80. The van der Waals surface area contributed by atoms with E-state index in [-0.39, 0.29) is 36.2 Å². The van der Waals surface area contributed by atoms with Crippen molar-refractivity contribution in [1.82, 2.24) is 9.80 Å². The predicted octanol–water partition coefficient (Wildman–Crippen LogP) is 4.43. The number of anilines is 1. The topological polar surface area (TPSA) is 64.1 Å². The monoisotopic (exact) mass is 515 g/mol. The third-order valence-electron chi connectivity index (χ3n) is 7.01. The molecule has 198 valence electrons. The number of fused-ring (bicyclic) bond motifs is 1. The summed E-state index contributed by atoms with van der Waals surface area (Å²) in [5, 5.41) is 8.86. The Morgan fingerprint density at radius 2 is 1.84 bits per heavy atom. The number of carboxylic acids is 1. The van der Waals surface area contributed by atoms with Crippen molar-refractivity contribution in [2.75, 3.05) is 38.1 Å². The molecule has 1 fully saturated rings. The Bertz CT molecular complexity index is 1220. The fourth-order valence-corrected chi connectivity index (χ4v) is 5.21. The Kier molecular flexibility index (Phi) is 7.37. The number of nitrogens with zero attached hydrogens (tertiary/aromatic N) is 3. The van der Waals surface area contributed by atoms with Gasteiger partial charge in [-0.3, -0.25) is 9.69 Å². The number of alkyl halides is 1. The molecule has 1 amide bonds. The summed E-state index contributed by atoms with van der Waals surface area (Å²) in [6.45, 7) is 6.29. The van der Waals surface area contributed by atoms with Crippen LogP contribution in [-0.4, -0.2) is 71.7 Å². The third kappa shape index (κ3) is 5.82. The van der Waals surface area contributed by atoms with Gasteiger partial charge in [-0.15, -0.1) is 0 Å². The molecule has 0 bridgehead atoms. The molecular weight excluding hydrogens is 483 g/mol. The lowest BCUT2D eigenvalue weighted by Gasteiger charge is -2.44. The molecular formula is C28H32F3N3O3. The molecule has 6 nitrogen and oxygen atoms in total. The van der Waals surface area contributed by atoms with E-state index in [2.05, 4.69) is 0 Å². The summed E-state index contributed by atoms with van der Waals surface area (Å²) < 4.78 is 45.9. The average Bonchev–Trinajstić information content (AvgIpc) is 2.79. The third-order valence-corrected chi connectivity index (χ3v) is 7.01. The van der Waals surface area contributed by atoms with Crippen LogP contribution in [0.25, 0.3) is 6.08 Å². The van der Waals surface area contributed by atoms with Gasteiger partial charge in [-0.05, 0) is 74.2 Å². The summed E-state index contributed by atoms with van der Waals surface area (Å²) >= 11 is 0. The molecule has 2 aromatic rings. The number of likely N-dealkylation sites (N-methyl/N-ethyl adjacent to an activating group) is 1. The number of hydrogen-bond donors (Lipinski definition) is 1. The van der Waals surface area contributed by atoms with Crippen LogP contribution >= 0.6 is 0 Å². The van der Waals surface area contributed by atoms with Crippen molar-refractivity contribution in [3.8, 4) is 0 Å². The fraction of sp³-hybridized carbons (Fsp3) is 0.429. The van der Waals surface area contributed by atoms with Crippen molar-refractivity contribution in [2.24, 2.45) is 0 Å². The minimum Gasteiger partial charge on any atom is -0.478 e. The molecule has 2 aliphatic heterocycles. The van der Waals surface area contributed by atoms with Gasteiger partial charge in [0.2, 0.25) is 5.91 Å². The molecule has 0 radical (unpaired) electrons. The lowest BCUT2D eigenvalue weighted by atomic mass is 9.83. The molecule has 0 spiro atoms. The Morgan fingerprint density at radius 1 is 1.16 bits per heavy atom. The molecule has 1 N–H and O–H groups in total. The second-order valence-corrected chi connectivity index (χ2v) is 10.5. The molecule has 0 saturated carbocycles. The van der Waals surface area contributed by atoms with Gasteiger partial charge in [0.05, 0.1) is 12.6 Å². The Labute approximate surface area is 215 Å². The summed E-state index contributed by atoms with van der Waals surface area (Å²) in [5.74, 6) is -2.86. The minimum atomic E-state index is -1.61. The molecule has 1 saturated heterocycles. The second kappa shape index (κ2) is 10.2. The maximum Gasteiger partial charge on any atom is 0.328 e. The number of rotatable bonds is 6. The maximum absolute atomic E-state index is 15.5. The summed E-state index contributed by atoms with van der Waals surface area (Å²) in [7, 11) is 1.77. The van der Waals surface area contributed by atoms with Crippen molar-refractivity contribution in [3.05, 3.63) is 70.3 Å². The smallest absolute Gasteiger partial charge is 0.328 e. The zero-order valence-corrected chi connectivity index (χ0v) is 21.5. The number of hydrogen-bond acceptors (Lipinski definition) is 4. The van der Waals surface area contributed by atoms with Crippen LogP contribution < -0.4 is 4.90 Å². The van der Waals surface area contributed by atoms with Gasteiger partial charge in [0.1, 0.15) is 17.3 Å². The largest absolute Gasteiger partial charge is 0.478 e. The first-order valence-corrected chi connectivity index (χ1v) is 12.3. The van der Waals surface area contributed by atoms with Crippen LogP contribution in [0.2, 0.25) is 0 Å². The first kappa shape index (κ1) is 26.7. The molecule has 4 rings (SSSR count). The highest BCUT2D eigenvalue weighted by Gasteiger charge is 2.39. The van der Waals surface area contributed by atoms with E-state index in [1.807, 2.05) is 30.0 Å². The van der Waals surface area contributed by atoms with Crippen LogP contribution in [0.1, 0.15) is 49.1 Å². The number of aliphatic carboxylic acids is 1. The van der Waals surface area contributed by atoms with E-state index in [9.17, 15) is 14.0 Å². The van der Waals surface area contributed by atoms with Crippen LogP contribution in [0.4, 0.5) is 18.9 Å². The van der Waals surface area contributed by atoms with Crippen molar-refractivity contribution in [3.63, 3.8) is 0 Å². The average molecular weight is 516 g/mol. The van der Waals surface area contributed by atoms with E-state index < -0.39 is 29.3 Å². The quantitative estimate of drug-likeness (QED) is 0.577. The van der Waals surface area contributed by atoms with Crippen LogP contribution in [0.3, 0.4) is 0 Å². The predicted molar refractivity (Wildman–Crippen MR) is 136 cm³/mol. The van der Waals surface area contributed by atoms with Crippen molar-refractivity contribution in [2.45, 2.75) is 44.9 Å². The van der Waals surface area contributed by atoms with Gasteiger partial charge in [-0.1, -0.05) is 6.07 Å². The molecule has 9 heteroatoms. The van der Waals surface area contributed by atoms with E-state index in [1.165, 1.54) is 13.8 Å². The van der Waals surface area contributed by atoms with Crippen molar-refractivity contribution in [1.29, 1.82) is 0 Å². The van der Waals surface area contributed by atoms with Crippen LogP contribution in [0.5, 0.6) is 0 Å². The molecule has 2 aromatic carbocycles. The van der Waals surface area contributed by atoms with Crippen LogP contribution in [-0.2, 0) is 16.0 Å². The molecule has 0 aliphatic carbocycles. The normalized spacial score (nSPS) is 21.0. The highest BCUT2D eigenvalue weighted by atomic mass is 19.1. The summed E-state index contributed by atoms with van der Waals surface area (Å²) in [6, 6.07) is 6.73. The summed E-state index contributed by atoms with van der Waals surface area (Å²) in [4.78, 5) is 28.5. The van der Waals surface area contributed by atoms with Gasteiger partial charge >= 0.3 is 5.97 Å². The number of carbonyl (C=O) groups excluding carboxylic acids is 1. The number of amides is 1. The second-order valence-electron chi connectivity index (χ2n) is 10.5. The molecule has 2 atom stereocenters. The number of halogens is 3. The Hall–Kier alpha value is -3.33. The highest BCUT2D eigenvalue weighted by molar-refractivity contribution is 5.85.